The van der Waals surface area contributed by atoms with Gasteiger partial charge < -0.3 is 14.4 Å². The number of hydrogen-bond acceptors (Lipinski definition) is 6. The Labute approximate surface area is 196 Å². The number of ether oxygens (including phenoxy) is 2. The minimum Gasteiger partial charge on any atom is -0.494 e. The van der Waals surface area contributed by atoms with Crippen LogP contribution in [0.1, 0.15) is 15.9 Å². The molecule has 168 valence electrons. The fourth-order valence-electron chi connectivity index (χ4n) is 3.92. The highest BCUT2D eigenvalue weighted by Crippen LogP contribution is 2.39. The standard InChI is InChI=1S/C25H24N4O3S/c1-31-21-10-9-20(29-13-15-32-16-14-29)23-22(21)26-25(33-23)27-24(30)19-7-5-18(6-8-19)17-28-11-3-2-4-12-28/h2-12H,13-17H2,1H3/p+1. The maximum Gasteiger partial charge on any atom is 0.257 e. The first kappa shape index (κ1) is 21.4. The summed E-state index contributed by atoms with van der Waals surface area (Å²) in [4.78, 5) is 19.9. The van der Waals surface area contributed by atoms with Crippen LogP contribution in [-0.2, 0) is 11.3 Å². The third-order valence-electron chi connectivity index (χ3n) is 5.64. The number of nitrogens with one attached hydrogen (secondary N) is 1. The molecule has 1 fully saturated rings. The maximum atomic E-state index is 12.9. The maximum absolute atomic E-state index is 12.9. The summed E-state index contributed by atoms with van der Waals surface area (Å²) in [5.74, 6) is 0.515. The zero-order valence-corrected chi connectivity index (χ0v) is 19.2. The molecule has 2 aromatic heterocycles. The van der Waals surface area contributed by atoms with Crippen LogP contribution in [0.25, 0.3) is 10.2 Å². The van der Waals surface area contributed by atoms with Crippen LogP contribution in [0, 0.1) is 0 Å². The van der Waals surface area contributed by atoms with Crippen molar-refractivity contribution in [2.75, 3.05) is 43.6 Å². The molecule has 0 spiro atoms. The van der Waals surface area contributed by atoms with Crippen LogP contribution < -0.4 is 19.5 Å². The molecule has 1 N–H and O–H groups in total. The van der Waals surface area contributed by atoms with Crippen molar-refractivity contribution in [1.29, 1.82) is 0 Å². The van der Waals surface area contributed by atoms with E-state index in [0.717, 1.165) is 41.1 Å². The molecule has 0 unspecified atom stereocenters. The normalized spacial score (nSPS) is 13.8. The molecule has 1 aliphatic heterocycles. The lowest BCUT2D eigenvalue weighted by atomic mass is 10.1. The van der Waals surface area contributed by atoms with Gasteiger partial charge in [0.2, 0.25) is 0 Å². The molecule has 3 heterocycles. The fraction of sp³-hybridized carbons (Fsp3) is 0.240. The van der Waals surface area contributed by atoms with Crippen molar-refractivity contribution < 1.29 is 18.8 Å². The molecule has 1 aliphatic rings. The number of rotatable bonds is 6. The molecule has 0 radical (unpaired) electrons. The van der Waals surface area contributed by atoms with Gasteiger partial charge in [-0.25, -0.2) is 9.55 Å². The van der Waals surface area contributed by atoms with Gasteiger partial charge >= 0.3 is 0 Å². The summed E-state index contributed by atoms with van der Waals surface area (Å²) in [6.45, 7) is 3.82. The number of benzene rings is 2. The zero-order chi connectivity index (χ0) is 22.6. The van der Waals surface area contributed by atoms with Gasteiger partial charge in [-0.1, -0.05) is 29.5 Å². The van der Waals surface area contributed by atoms with Crippen molar-refractivity contribution in [3.05, 3.63) is 78.1 Å². The van der Waals surface area contributed by atoms with E-state index in [0.29, 0.717) is 29.7 Å². The second-order valence-corrected chi connectivity index (χ2v) is 8.78. The molecule has 0 atom stereocenters. The Morgan fingerprint density at radius 3 is 2.61 bits per heavy atom. The molecule has 4 aromatic rings. The molecule has 33 heavy (non-hydrogen) atoms. The van der Waals surface area contributed by atoms with Crippen LogP contribution in [-0.4, -0.2) is 44.3 Å². The Hall–Kier alpha value is -3.49. The smallest absolute Gasteiger partial charge is 0.257 e. The van der Waals surface area contributed by atoms with Crippen molar-refractivity contribution in [3.63, 3.8) is 0 Å². The van der Waals surface area contributed by atoms with E-state index in [4.69, 9.17) is 9.47 Å². The second-order valence-electron chi connectivity index (χ2n) is 7.78. The average Bonchev–Trinajstić information content (AvgIpc) is 3.28. The summed E-state index contributed by atoms with van der Waals surface area (Å²) in [5.41, 5.74) is 3.57. The van der Waals surface area contributed by atoms with E-state index >= 15 is 0 Å². The minimum absolute atomic E-state index is 0.181. The van der Waals surface area contributed by atoms with Gasteiger partial charge in [-0.15, -0.1) is 0 Å². The van der Waals surface area contributed by atoms with Gasteiger partial charge in [0.15, 0.2) is 24.1 Å². The summed E-state index contributed by atoms with van der Waals surface area (Å²) < 4.78 is 14.1. The Balaban J connectivity index is 1.35. The van der Waals surface area contributed by atoms with E-state index in [1.165, 1.54) is 11.3 Å². The lowest BCUT2D eigenvalue weighted by Crippen LogP contribution is -2.36. The Bertz CT molecular complexity index is 1250. The number of fused-ring (bicyclic) bond motifs is 1. The SMILES string of the molecule is COc1ccc(N2CCOCC2)c2sc(NC(=O)c3ccc(C[n+]4ccccc4)cc3)nc12. The van der Waals surface area contributed by atoms with E-state index in [1.807, 2.05) is 60.9 Å². The number of thiazole rings is 1. The molecule has 5 rings (SSSR count). The number of morpholine rings is 1. The summed E-state index contributed by atoms with van der Waals surface area (Å²) in [5, 5.41) is 3.52. The molecule has 1 amide bonds. The van der Waals surface area contributed by atoms with Gasteiger partial charge in [-0.2, -0.15) is 0 Å². The topological polar surface area (TPSA) is 67.6 Å². The number of nitrogens with zero attached hydrogens (tertiary/aromatic N) is 3. The van der Waals surface area contributed by atoms with E-state index in [1.54, 1.807) is 7.11 Å². The first-order valence-corrected chi connectivity index (χ1v) is 11.7. The van der Waals surface area contributed by atoms with Gasteiger partial charge in [0.25, 0.3) is 5.91 Å². The predicted molar refractivity (Wildman–Crippen MR) is 129 cm³/mol. The molecule has 0 aliphatic carbocycles. The van der Waals surface area contributed by atoms with Crippen LogP contribution in [0.5, 0.6) is 5.75 Å². The summed E-state index contributed by atoms with van der Waals surface area (Å²) >= 11 is 1.47. The van der Waals surface area contributed by atoms with Crippen molar-refractivity contribution >= 4 is 38.3 Å². The van der Waals surface area contributed by atoms with E-state index < -0.39 is 0 Å². The van der Waals surface area contributed by atoms with Gasteiger partial charge in [0, 0.05) is 36.3 Å². The van der Waals surface area contributed by atoms with Crippen LogP contribution in [0.2, 0.25) is 0 Å². The van der Waals surface area contributed by atoms with E-state index in [9.17, 15) is 4.79 Å². The van der Waals surface area contributed by atoms with Crippen molar-refractivity contribution in [3.8, 4) is 5.75 Å². The molecular formula is C25H25N4O3S+. The number of aromatic nitrogens is 2. The van der Waals surface area contributed by atoms with Crippen molar-refractivity contribution in [1.82, 2.24) is 4.98 Å². The number of methoxy groups -OCH3 is 1. The van der Waals surface area contributed by atoms with E-state index in [-0.39, 0.29) is 5.91 Å². The number of carbonyl (C=O) groups excluding carboxylic acids is 1. The summed E-state index contributed by atoms with van der Waals surface area (Å²) in [7, 11) is 1.63. The molecular weight excluding hydrogens is 436 g/mol. The number of carbonyl (C=O) groups is 1. The first-order chi connectivity index (χ1) is 16.2. The lowest BCUT2D eigenvalue weighted by molar-refractivity contribution is -0.688. The molecule has 1 saturated heterocycles. The Morgan fingerprint density at radius 1 is 1.12 bits per heavy atom. The Kier molecular flexibility index (Phi) is 6.19. The second kappa shape index (κ2) is 9.56. The molecule has 7 nitrogen and oxygen atoms in total. The first-order valence-electron chi connectivity index (χ1n) is 10.9. The number of pyridine rings is 1. The van der Waals surface area contributed by atoms with Crippen LogP contribution in [0.15, 0.2) is 67.0 Å². The lowest BCUT2D eigenvalue weighted by Gasteiger charge is -2.29. The highest BCUT2D eigenvalue weighted by Gasteiger charge is 2.20. The highest BCUT2D eigenvalue weighted by molar-refractivity contribution is 7.23. The van der Waals surface area contributed by atoms with Crippen molar-refractivity contribution in [2.45, 2.75) is 6.54 Å². The van der Waals surface area contributed by atoms with Crippen LogP contribution in [0.4, 0.5) is 10.8 Å². The fourth-order valence-corrected chi connectivity index (χ4v) is 4.94. The molecule has 2 aromatic carbocycles. The van der Waals surface area contributed by atoms with Gasteiger partial charge in [0.1, 0.15) is 11.3 Å². The van der Waals surface area contributed by atoms with Gasteiger partial charge in [-0.05, 0) is 24.3 Å². The Morgan fingerprint density at radius 2 is 1.88 bits per heavy atom. The van der Waals surface area contributed by atoms with Gasteiger partial charge in [-0.3, -0.25) is 10.1 Å². The molecule has 0 bridgehead atoms. The van der Waals surface area contributed by atoms with Gasteiger partial charge in [0.05, 0.1) is 30.7 Å². The largest absolute Gasteiger partial charge is 0.494 e. The number of amides is 1. The van der Waals surface area contributed by atoms with E-state index in [2.05, 4.69) is 25.8 Å². The predicted octanol–water partition coefficient (Wildman–Crippen LogP) is 3.73. The highest BCUT2D eigenvalue weighted by atomic mass is 32.1. The number of anilines is 2. The third-order valence-corrected chi connectivity index (χ3v) is 6.63. The van der Waals surface area contributed by atoms with Crippen LogP contribution >= 0.6 is 11.3 Å². The quantitative estimate of drug-likeness (QED) is 0.443. The summed E-state index contributed by atoms with van der Waals surface area (Å²) in [6, 6.07) is 17.6. The third kappa shape index (κ3) is 4.67. The monoisotopic (exact) mass is 461 g/mol. The van der Waals surface area contributed by atoms with Crippen molar-refractivity contribution in [2.24, 2.45) is 0 Å². The molecule has 0 saturated carbocycles. The zero-order valence-electron chi connectivity index (χ0n) is 18.4. The average molecular weight is 462 g/mol. The molecule has 8 heteroatoms. The summed E-state index contributed by atoms with van der Waals surface area (Å²) in [6.07, 6.45) is 4.04. The number of hydrogen-bond donors (Lipinski definition) is 1. The minimum atomic E-state index is -0.181. The van der Waals surface area contributed by atoms with Crippen LogP contribution in [0.3, 0.4) is 0 Å².